The number of carbonyl (C=O) groups is 3. The zero-order valence-corrected chi connectivity index (χ0v) is 16.7. The number of amides is 3. The Kier molecular flexibility index (Phi) is 6.49. The summed E-state index contributed by atoms with van der Waals surface area (Å²) in [6.07, 6.45) is -0.281. The van der Waals surface area contributed by atoms with Crippen molar-refractivity contribution < 1.29 is 19.1 Å². The topological polar surface area (TPSA) is 79.0 Å². The highest BCUT2D eigenvalue weighted by atomic mass is 16.5. The molecule has 3 amide bonds. The number of methoxy groups -OCH3 is 1. The molecule has 0 bridgehead atoms. The first kappa shape index (κ1) is 20.4. The third-order valence-electron chi connectivity index (χ3n) is 4.79. The van der Waals surface area contributed by atoms with Crippen LogP contribution in [0.1, 0.15) is 17.5 Å². The Morgan fingerprint density at radius 2 is 1.90 bits per heavy atom. The second kappa shape index (κ2) is 9.23. The van der Waals surface area contributed by atoms with Crippen LogP contribution in [0.5, 0.6) is 5.75 Å². The van der Waals surface area contributed by atoms with Gasteiger partial charge in [-0.25, -0.2) is 0 Å². The minimum absolute atomic E-state index is 0.0134. The maximum Gasteiger partial charge on any atom is 0.242 e. The van der Waals surface area contributed by atoms with Crippen LogP contribution < -0.4 is 10.1 Å². The zero-order valence-electron chi connectivity index (χ0n) is 16.7. The fraction of sp³-hybridized carbons (Fsp3) is 0.318. The molecule has 0 radical (unpaired) electrons. The lowest BCUT2D eigenvalue weighted by molar-refractivity contribution is -0.146. The molecule has 7 heteroatoms. The van der Waals surface area contributed by atoms with Crippen molar-refractivity contribution in [1.82, 2.24) is 9.80 Å². The molecule has 7 nitrogen and oxygen atoms in total. The van der Waals surface area contributed by atoms with Gasteiger partial charge < -0.3 is 19.9 Å². The predicted molar refractivity (Wildman–Crippen MR) is 109 cm³/mol. The maximum atomic E-state index is 12.5. The molecule has 0 spiro atoms. The van der Waals surface area contributed by atoms with Gasteiger partial charge in [0.15, 0.2) is 0 Å². The summed E-state index contributed by atoms with van der Waals surface area (Å²) in [6.45, 7) is 3.22. The van der Waals surface area contributed by atoms with E-state index in [1.807, 2.05) is 49.4 Å². The third-order valence-corrected chi connectivity index (χ3v) is 4.79. The van der Waals surface area contributed by atoms with E-state index < -0.39 is 0 Å². The van der Waals surface area contributed by atoms with E-state index in [-0.39, 0.29) is 30.7 Å². The number of ether oxygens (including phenoxy) is 1. The largest absolute Gasteiger partial charge is 0.497 e. The van der Waals surface area contributed by atoms with Gasteiger partial charge in [-0.2, -0.15) is 0 Å². The average molecular weight is 395 g/mol. The molecular formula is C22H25N3O4. The molecule has 1 N–H and O–H groups in total. The van der Waals surface area contributed by atoms with Crippen molar-refractivity contribution in [3.05, 3.63) is 59.7 Å². The first-order valence-corrected chi connectivity index (χ1v) is 9.49. The molecule has 1 saturated heterocycles. The molecule has 0 aromatic heterocycles. The Morgan fingerprint density at radius 3 is 2.62 bits per heavy atom. The number of rotatable bonds is 6. The molecule has 2 aromatic rings. The SMILES string of the molecule is COc1cccc(CN2CCN(C(=O)CC(=O)Nc3cccc(C)c3)CC2=O)c1. The van der Waals surface area contributed by atoms with Crippen LogP contribution in [0.4, 0.5) is 5.69 Å². The monoisotopic (exact) mass is 395 g/mol. The van der Waals surface area contributed by atoms with Crippen molar-refractivity contribution in [3.63, 3.8) is 0 Å². The minimum Gasteiger partial charge on any atom is -0.497 e. The van der Waals surface area contributed by atoms with E-state index >= 15 is 0 Å². The highest BCUT2D eigenvalue weighted by Crippen LogP contribution is 2.16. The predicted octanol–water partition coefficient (Wildman–Crippen LogP) is 2.20. The van der Waals surface area contributed by atoms with Gasteiger partial charge in [0, 0.05) is 25.3 Å². The summed E-state index contributed by atoms with van der Waals surface area (Å²) in [4.78, 5) is 40.2. The van der Waals surface area contributed by atoms with Crippen molar-refractivity contribution in [2.24, 2.45) is 0 Å². The van der Waals surface area contributed by atoms with E-state index in [2.05, 4.69) is 5.32 Å². The number of anilines is 1. The molecule has 152 valence electrons. The van der Waals surface area contributed by atoms with Gasteiger partial charge >= 0.3 is 0 Å². The van der Waals surface area contributed by atoms with Gasteiger partial charge in [-0.05, 0) is 42.3 Å². The van der Waals surface area contributed by atoms with E-state index in [1.54, 1.807) is 18.1 Å². The summed E-state index contributed by atoms with van der Waals surface area (Å²) >= 11 is 0. The van der Waals surface area contributed by atoms with E-state index in [4.69, 9.17) is 4.74 Å². The zero-order chi connectivity index (χ0) is 20.8. The maximum absolute atomic E-state index is 12.5. The second-order valence-corrected chi connectivity index (χ2v) is 7.08. The van der Waals surface area contributed by atoms with Crippen LogP contribution in [0.25, 0.3) is 0 Å². The van der Waals surface area contributed by atoms with Crippen LogP contribution in [0, 0.1) is 6.92 Å². The summed E-state index contributed by atoms with van der Waals surface area (Å²) < 4.78 is 5.21. The number of aryl methyl sites for hydroxylation is 1. The van der Waals surface area contributed by atoms with Gasteiger partial charge in [-0.15, -0.1) is 0 Å². The number of hydrogen-bond acceptors (Lipinski definition) is 4. The highest BCUT2D eigenvalue weighted by Gasteiger charge is 2.28. The molecule has 0 atom stereocenters. The molecule has 1 heterocycles. The Bertz CT molecular complexity index is 912. The lowest BCUT2D eigenvalue weighted by Crippen LogP contribution is -2.52. The third kappa shape index (κ3) is 5.57. The fourth-order valence-electron chi connectivity index (χ4n) is 3.26. The van der Waals surface area contributed by atoms with Crippen molar-refractivity contribution in [2.75, 3.05) is 32.1 Å². The molecule has 1 aliphatic heterocycles. The standard InChI is InChI=1S/C22H25N3O4/c1-16-5-3-7-18(11-16)23-20(26)13-21(27)25-10-9-24(22(28)15-25)14-17-6-4-8-19(12-17)29-2/h3-8,11-12H,9-10,13-15H2,1-2H3,(H,23,26). The fourth-order valence-corrected chi connectivity index (χ4v) is 3.26. The first-order chi connectivity index (χ1) is 13.9. The molecule has 0 aliphatic carbocycles. The van der Waals surface area contributed by atoms with Gasteiger partial charge in [-0.1, -0.05) is 24.3 Å². The van der Waals surface area contributed by atoms with Crippen LogP contribution >= 0.6 is 0 Å². The normalized spacial score (nSPS) is 13.9. The van der Waals surface area contributed by atoms with E-state index in [0.717, 1.165) is 16.9 Å². The van der Waals surface area contributed by atoms with Crippen molar-refractivity contribution in [3.8, 4) is 5.75 Å². The van der Waals surface area contributed by atoms with Gasteiger partial charge in [0.2, 0.25) is 17.7 Å². The first-order valence-electron chi connectivity index (χ1n) is 9.49. The lowest BCUT2D eigenvalue weighted by atomic mass is 10.1. The number of benzene rings is 2. The second-order valence-electron chi connectivity index (χ2n) is 7.08. The quantitative estimate of drug-likeness (QED) is 0.761. The van der Waals surface area contributed by atoms with Crippen LogP contribution in [-0.2, 0) is 20.9 Å². The molecule has 0 saturated carbocycles. The summed E-state index contributed by atoms with van der Waals surface area (Å²) in [7, 11) is 1.60. The van der Waals surface area contributed by atoms with E-state index in [9.17, 15) is 14.4 Å². The van der Waals surface area contributed by atoms with E-state index in [0.29, 0.717) is 25.3 Å². The number of hydrogen-bond donors (Lipinski definition) is 1. The molecule has 29 heavy (non-hydrogen) atoms. The van der Waals surface area contributed by atoms with Crippen LogP contribution in [0.3, 0.4) is 0 Å². The molecule has 1 aliphatic rings. The van der Waals surface area contributed by atoms with Crippen LogP contribution in [0.2, 0.25) is 0 Å². The van der Waals surface area contributed by atoms with E-state index in [1.165, 1.54) is 4.90 Å². The summed E-state index contributed by atoms with van der Waals surface area (Å²) in [5.74, 6) is -0.119. The number of nitrogens with one attached hydrogen (secondary N) is 1. The molecule has 0 unspecified atom stereocenters. The number of piperazine rings is 1. The molecular weight excluding hydrogens is 370 g/mol. The van der Waals surface area contributed by atoms with Gasteiger partial charge in [0.25, 0.3) is 0 Å². The Morgan fingerprint density at radius 1 is 1.10 bits per heavy atom. The van der Waals surface area contributed by atoms with Gasteiger partial charge in [0.05, 0.1) is 13.7 Å². The molecule has 1 fully saturated rings. The van der Waals surface area contributed by atoms with Crippen LogP contribution in [0.15, 0.2) is 48.5 Å². The minimum atomic E-state index is -0.383. The van der Waals surface area contributed by atoms with Crippen LogP contribution in [-0.4, -0.2) is 54.3 Å². The summed E-state index contributed by atoms with van der Waals surface area (Å²) in [5, 5.41) is 2.72. The van der Waals surface area contributed by atoms with Crippen molar-refractivity contribution in [1.29, 1.82) is 0 Å². The van der Waals surface area contributed by atoms with Crippen molar-refractivity contribution >= 4 is 23.4 Å². The number of nitrogens with zero attached hydrogens (tertiary/aromatic N) is 2. The summed E-state index contributed by atoms with van der Waals surface area (Å²) in [6, 6.07) is 14.9. The van der Waals surface area contributed by atoms with Gasteiger partial charge in [0.1, 0.15) is 12.2 Å². The Hall–Kier alpha value is -3.35. The molecule has 3 rings (SSSR count). The number of carbonyl (C=O) groups excluding carboxylic acids is 3. The highest BCUT2D eigenvalue weighted by molar-refractivity contribution is 6.04. The Balaban J connectivity index is 1.51. The lowest BCUT2D eigenvalue weighted by Gasteiger charge is -2.34. The Labute approximate surface area is 170 Å². The average Bonchev–Trinajstić information content (AvgIpc) is 2.69. The van der Waals surface area contributed by atoms with Crippen molar-refractivity contribution in [2.45, 2.75) is 19.9 Å². The van der Waals surface area contributed by atoms with Gasteiger partial charge in [-0.3, -0.25) is 14.4 Å². The summed E-state index contributed by atoms with van der Waals surface area (Å²) in [5.41, 5.74) is 2.64. The smallest absolute Gasteiger partial charge is 0.242 e. The molecule has 2 aromatic carbocycles.